The minimum Gasteiger partial charge on any atom is -0.406 e. The lowest BCUT2D eigenvalue weighted by Crippen LogP contribution is -2.17. The summed E-state index contributed by atoms with van der Waals surface area (Å²) in [4.78, 5) is 0. The van der Waals surface area contributed by atoms with Crippen molar-refractivity contribution in [3.8, 4) is 5.75 Å². The molecule has 1 heterocycles. The van der Waals surface area contributed by atoms with Gasteiger partial charge >= 0.3 is 6.36 Å². The Hall–Kier alpha value is -0.570. The third kappa shape index (κ3) is 3.97. The number of aliphatic hydroxyl groups excluding tert-OH is 1. The van der Waals surface area contributed by atoms with Crippen molar-refractivity contribution in [2.45, 2.75) is 12.5 Å². The molecular weight excluding hydrogens is 425 g/mol. The molecule has 0 bridgehead atoms. The number of alkyl halides is 3. The summed E-state index contributed by atoms with van der Waals surface area (Å²) in [7, 11) is 0. The van der Waals surface area contributed by atoms with Gasteiger partial charge in [0.15, 0.2) is 0 Å². The standard InChI is InChI=1S/C12H7Br2F3O2S/c13-9-5-8(11(14)20-9)10(18)6-1-3-7(4-2-6)19-12(15,16)17/h1-5,10,18H. The fraction of sp³-hybridized carbons (Fsp3) is 0.167. The largest absolute Gasteiger partial charge is 0.573 e. The van der Waals surface area contributed by atoms with Crippen molar-refractivity contribution >= 4 is 43.2 Å². The van der Waals surface area contributed by atoms with Gasteiger partial charge in [-0.05, 0) is 55.6 Å². The Morgan fingerprint density at radius 3 is 2.20 bits per heavy atom. The van der Waals surface area contributed by atoms with Gasteiger partial charge in [-0.3, -0.25) is 0 Å². The van der Waals surface area contributed by atoms with Crippen LogP contribution < -0.4 is 4.74 Å². The third-order valence-electron chi connectivity index (χ3n) is 2.41. The first-order valence-corrected chi connectivity index (χ1v) is 7.65. The van der Waals surface area contributed by atoms with Crippen LogP contribution in [0.3, 0.4) is 0 Å². The van der Waals surface area contributed by atoms with Crippen LogP contribution in [0.4, 0.5) is 13.2 Å². The summed E-state index contributed by atoms with van der Waals surface area (Å²) in [5.74, 6) is -0.320. The molecule has 108 valence electrons. The maximum Gasteiger partial charge on any atom is 0.573 e. The fourth-order valence-electron chi connectivity index (χ4n) is 1.57. The zero-order chi connectivity index (χ0) is 14.9. The van der Waals surface area contributed by atoms with Crippen molar-refractivity contribution in [3.63, 3.8) is 0 Å². The van der Waals surface area contributed by atoms with E-state index in [9.17, 15) is 18.3 Å². The van der Waals surface area contributed by atoms with E-state index in [2.05, 4.69) is 36.6 Å². The first kappa shape index (κ1) is 15.8. The summed E-state index contributed by atoms with van der Waals surface area (Å²) in [5.41, 5.74) is 1.12. The predicted octanol–water partition coefficient (Wildman–Crippen LogP) is 5.25. The minimum absolute atomic E-state index is 0.320. The summed E-state index contributed by atoms with van der Waals surface area (Å²) in [6, 6.07) is 6.87. The molecule has 1 aromatic heterocycles. The molecule has 0 spiro atoms. The van der Waals surface area contributed by atoms with Crippen LogP contribution in [0.5, 0.6) is 5.75 Å². The van der Waals surface area contributed by atoms with Crippen molar-refractivity contribution in [2.75, 3.05) is 0 Å². The molecule has 0 aliphatic carbocycles. The van der Waals surface area contributed by atoms with Gasteiger partial charge in [0.05, 0.1) is 7.57 Å². The van der Waals surface area contributed by atoms with Crippen LogP contribution in [-0.4, -0.2) is 11.5 Å². The predicted molar refractivity (Wildman–Crippen MR) is 76.9 cm³/mol. The van der Waals surface area contributed by atoms with Gasteiger partial charge in [-0.2, -0.15) is 0 Å². The molecule has 2 aromatic rings. The first-order chi connectivity index (χ1) is 9.26. The molecule has 0 fully saturated rings. The second-order valence-corrected chi connectivity index (χ2v) is 7.55. The van der Waals surface area contributed by atoms with Gasteiger partial charge in [0.25, 0.3) is 0 Å². The molecule has 0 aliphatic rings. The fourth-order valence-corrected chi connectivity index (χ4v) is 4.45. The number of benzene rings is 1. The summed E-state index contributed by atoms with van der Waals surface area (Å²) in [6.07, 6.45) is -5.65. The molecule has 2 rings (SSSR count). The lowest BCUT2D eigenvalue weighted by atomic mass is 10.0. The Morgan fingerprint density at radius 2 is 1.75 bits per heavy atom. The van der Waals surface area contributed by atoms with E-state index < -0.39 is 12.5 Å². The maximum absolute atomic E-state index is 12.0. The lowest BCUT2D eigenvalue weighted by Gasteiger charge is -2.12. The number of ether oxygens (including phenoxy) is 1. The third-order valence-corrected chi connectivity index (χ3v) is 4.79. The van der Waals surface area contributed by atoms with E-state index >= 15 is 0 Å². The smallest absolute Gasteiger partial charge is 0.406 e. The second kappa shape index (κ2) is 6.05. The van der Waals surface area contributed by atoms with Crippen LogP contribution in [0.25, 0.3) is 0 Å². The van der Waals surface area contributed by atoms with E-state index in [1.807, 2.05) is 0 Å². The Balaban J connectivity index is 2.19. The Labute approximate surface area is 133 Å². The average Bonchev–Trinajstić information content (AvgIpc) is 2.66. The van der Waals surface area contributed by atoms with Crippen LogP contribution in [0, 0.1) is 0 Å². The zero-order valence-electron chi connectivity index (χ0n) is 9.62. The summed E-state index contributed by atoms with van der Waals surface area (Å²) >= 11 is 8.03. The number of hydrogen-bond acceptors (Lipinski definition) is 3. The molecule has 1 aromatic carbocycles. The molecule has 8 heteroatoms. The van der Waals surface area contributed by atoms with Gasteiger partial charge in [0.2, 0.25) is 0 Å². The van der Waals surface area contributed by atoms with Gasteiger partial charge in [0, 0.05) is 5.56 Å². The van der Waals surface area contributed by atoms with Gasteiger partial charge in [0.1, 0.15) is 11.9 Å². The first-order valence-electron chi connectivity index (χ1n) is 5.25. The highest BCUT2D eigenvalue weighted by Gasteiger charge is 2.31. The molecule has 20 heavy (non-hydrogen) atoms. The van der Waals surface area contributed by atoms with Crippen molar-refractivity contribution in [2.24, 2.45) is 0 Å². The highest BCUT2D eigenvalue weighted by Crippen LogP contribution is 2.38. The number of aliphatic hydroxyl groups is 1. The summed E-state index contributed by atoms with van der Waals surface area (Å²) in [6.45, 7) is 0. The van der Waals surface area contributed by atoms with E-state index in [4.69, 9.17) is 0 Å². The van der Waals surface area contributed by atoms with E-state index in [1.54, 1.807) is 6.07 Å². The normalized spacial score (nSPS) is 13.3. The number of halogens is 5. The molecule has 1 N–H and O–H groups in total. The Kier molecular flexibility index (Phi) is 4.78. The van der Waals surface area contributed by atoms with E-state index in [-0.39, 0.29) is 5.75 Å². The monoisotopic (exact) mass is 430 g/mol. The van der Waals surface area contributed by atoms with Crippen molar-refractivity contribution < 1.29 is 23.0 Å². The van der Waals surface area contributed by atoms with Crippen LogP contribution in [0.2, 0.25) is 0 Å². The molecular formula is C12H7Br2F3O2S. The van der Waals surface area contributed by atoms with E-state index in [0.717, 1.165) is 7.57 Å². The summed E-state index contributed by atoms with van der Waals surface area (Å²) < 4.78 is 41.5. The van der Waals surface area contributed by atoms with Crippen molar-refractivity contribution in [1.29, 1.82) is 0 Å². The van der Waals surface area contributed by atoms with Crippen LogP contribution in [-0.2, 0) is 0 Å². The Morgan fingerprint density at radius 1 is 1.15 bits per heavy atom. The highest BCUT2D eigenvalue weighted by atomic mass is 79.9. The molecule has 0 saturated carbocycles. The molecule has 0 saturated heterocycles. The number of hydrogen-bond donors (Lipinski definition) is 1. The molecule has 1 atom stereocenters. The van der Waals surface area contributed by atoms with Gasteiger partial charge in [-0.25, -0.2) is 0 Å². The van der Waals surface area contributed by atoms with Gasteiger partial charge in [-0.15, -0.1) is 24.5 Å². The lowest BCUT2D eigenvalue weighted by molar-refractivity contribution is -0.274. The van der Waals surface area contributed by atoms with Crippen LogP contribution in [0.15, 0.2) is 37.9 Å². The van der Waals surface area contributed by atoms with E-state index in [0.29, 0.717) is 11.1 Å². The SMILES string of the molecule is OC(c1ccc(OC(F)(F)F)cc1)c1cc(Br)sc1Br. The van der Waals surface area contributed by atoms with Gasteiger partial charge in [-0.1, -0.05) is 12.1 Å². The number of rotatable bonds is 3. The molecule has 0 amide bonds. The van der Waals surface area contributed by atoms with E-state index in [1.165, 1.54) is 35.6 Å². The number of thiophene rings is 1. The van der Waals surface area contributed by atoms with Crippen LogP contribution >= 0.6 is 43.2 Å². The topological polar surface area (TPSA) is 29.5 Å². The quantitative estimate of drug-likeness (QED) is 0.718. The molecule has 0 aliphatic heterocycles. The van der Waals surface area contributed by atoms with Crippen molar-refractivity contribution in [3.05, 3.63) is 49.0 Å². The molecule has 1 unspecified atom stereocenters. The highest BCUT2D eigenvalue weighted by molar-refractivity contribution is 9.12. The van der Waals surface area contributed by atoms with Crippen LogP contribution in [0.1, 0.15) is 17.2 Å². The second-order valence-electron chi connectivity index (χ2n) is 3.80. The minimum atomic E-state index is -4.72. The van der Waals surface area contributed by atoms with Crippen molar-refractivity contribution in [1.82, 2.24) is 0 Å². The maximum atomic E-state index is 12.0. The zero-order valence-corrected chi connectivity index (χ0v) is 13.6. The average molecular weight is 432 g/mol. The Bertz CT molecular complexity index is 596. The molecule has 2 nitrogen and oxygen atoms in total. The molecule has 0 radical (unpaired) electrons. The summed E-state index contributed by atoms with van der Waals surface area (Å²) in [5, 5.41) is 10.2. The van der Waals surface area contributed by atoms with Gasteiger partial charge < -0.3 is 9.84 Å².